The molecule has 6 nitrogen and oxygen atoms in total. The Morgan fingerprint density at radius 2 is 1.29 bits per heavy atom. The van der Waals surface area contributed by atoms with Gasteiger partial charge in [-0.05, 0) is 42.7 Å². The maximum Gasteiger partial charge on any atom is 0.327 e. The number of carbonyl (C=O) groups excluding carboxylic acids is 1. The number of H-pyrrole nitrogens is 1. The van der Waals surface area contributed by atoms with E-state index in [1.54, 1.807) is 0 Å². The van der Waals surface area contributed by atoms with Crippen molar-refractivity contribution in [3.63, 3.8) is 0 Å². The number of para-hydroxylation sites is 2. The van der Waals surface area contributed by atoms with Gasteiger partial charge in [-0.3, -0.25) is 4.79 Å². The monoisotopic (exact) mass is 595 g/mol. The second-order valence-electron chi connectivity index (χ2n) is 10.5. The molecular weight excluding hydrogens is 563 g/mol. The minimum Gasteiger partial charge on any atom is -0.480 e. The number of nitrogens with one attached hydrogen (secondary N) is 2. The molecule has 5 rings (SSSR count). The largest absolute Gasteiger partial charge is 0.480 e. The maximum absolute atomic E-state index is 13.5. The molecule has 5 aromatic rings. The van der Waals surface area contributed by atoms with Crippen molar-refractivity contribution in [1.29, 1.82) is 0 Å². The van der Waals surface area contributed by atoms with Crippen LogP contribution < -0.4 is 5.32 Å². The number of carbonyl (C=O) groups is 2. The number of amides is 1. The Balaban J connectivity index is 1.38. The summed E-state index contributed by atoms with van der Waals surface area (Å²) in [6, 6.07) is 37.0. The number of nitrogens with zero attached hydrogens (tertiary/aromatic N) is 1. The molecule has 4 aromatic carbocycles. The number of aromatic nitrogens is 2. The lowest BCUT2D eigenvalue weighted by Gasteiger charge is -2.36. The third kappa shape index (κ3) is 6.40. The van der Waals surface area contributed by atoms with Crippen molar-refractivity contribution >= 4 is 46.4 Å². The molecular formula is C34H33N3O3S2. The summed E-state index contributed by atoms with van der Waals surface area (Å²) in [6.07, 6.45) is 0. The zero-order chi connectivity index (χ0) is 29.6. The molecule has 0 saturated heterocycles. The first-order valence-corrected chi connectivity index (χ1v) is 15.7. The molecule has 8 heteroatoms. The molecule has 0 bridgehead atoms. The molecule has 3 N–H and O–H groups in total. The van der Waals surface area contributed by atoms with Crippen molar-refractivity contribution in [3.05, 3.63) is 138 Å². The van der Waals surface area contributed by atoms with Gasteiger partial charge in [-0.25, -0.2) is 9.78 Å². The number of hydrogen-bond donors (Lipinski definition) is 3. The predicted octanol–water partition coefficient (Wildman–Crippen LogP) is 6.87. The fourth-order valence-electron chi connectivity index (χ4n) is 4.87. The van der Waals surface area contributed by atoms with E-state index in [1.807, 2.05) is 92.7 Å². The van der Waals surface area contributed by atoms with Gasteiger partial charge in [-0.1, -0.05) is 103 Å². The van der Waals surface area contributed by atoms with E-state index < -0.39 is 21.5 Å². The van der Waals surface area contributed by atoms with Gasteiger partial charge in [0.2, 0.25) is 5.91 Å². The first-order chi connectivity index (χ1) is 20.3. The molecule has 0 aliphatic rings. The third-order valence-electron chi connectivity index (χ3n) is 7.17. The Morgan fingerprint density at radius 1 is 0.786 bits per heavy atom. The smallest absolute Gasteiger partial charge is 0.327 e. The number of thioether (sulfide) groups is 2. The molecule has 0 radical (unpaired) electrons. The van der Waals surface area contributed by atoms with Crippen molar-refractivity contribution in [3.8, 4) is 0 Å². The number of carboxylic acid groups (broad SMARTS) is 1. The second-order valence-corrected chi connectivity index (χ2v) is 13.3. The van der Waals surface area contributed by atoms with E-state index in [0.717, 1.165) is 33.5 Å². The Kier molecular flexibility index (Phi) is 9.04. The van der Waals surface area contributed by atoms with Crippen LogP contribution in [0, 0.1) is 0 Å². The van der Waals surface area contributed by atoms with Crippen LogP contribution in [0.5, 0.6) is 0 Å². The molecule has 0 spiro atoms. The van der Waals surface area contributed by atoms with Crippen molar-refractivity contribution in [2.75, 3.05) is 5.75 Å². The number of carboxylic acids is 1. The fourth-order valence-corrected chi connectivity index (χ4v) is 7.25. The van der Waals surface area contributed by atoms with Crippen LogP contribution in [0.25, 0.3) is 11.0 Å². The van der Waals surface area contributed by atoms with Crippen LogP contribution in [-0.2, 0) is 20.1 Å². The lowest BCUT2D eigenvalue weighted by Crippen LogP contribution is -2.50. The van der Waals surface area contributed by atoms with Crippen LogP contribution in [-0.4, -0.2) is 43.5 Å². The Morgan fingerprint density at radius 3 is 1.79 bits per heavy atom. The van der Waals surface area contributed by atoms with E-state index in [4.69, 9.17) is 0 Å². The molecule has 1 atom stereocenters. The molecule has 1 aromatic heterocycles. The summed E-state index contributed by atoms with van der Waals surface area (Å²) in [7, 11) is 0. The molecule has 0 unspecified atom stereocenters. The number of aromatic amines is 1. The van der Waals surface area contributed by atoms with Gasteiger partial charge in [0, 0.05) is 5.75 Å². The molecule has 1 heterocycles. The third-order valence-corrected chi connectivity index (χ3v) is 10.1. The van der Waals surface area contributed by atoms with Crippen LogP contribution >= 0.6 is 23.5 Å². The fraction of sp³-hybridized carbons (Fsp3) is 0.206. The van der Waals surface area contributed by atoms with Crippen molar-refractivity contribution < 1.29 is 14.7 Å². The van der Waals surface area contributed by atoms with Gasteiger partial charge >= 0.3 is 5.97 Å². The predicted molar refractivity (Wildman–Crippen MR) is 173 cm³/mol. The maximum atomic E-state index is 13.5. The molecule has 0 aliphatic carbocycles. The van der Waals surface area contributed by atoms with Gasteiger partial charge in [-0.2, -0.15) is 0 Å². The first kappa shape index (κ1) is 29.5. The molecule has 42 heavy (non-hydrogen) atoms. The highest BCUT2D eigenvalue weighted by Gasteiger charge is 2.39. The van der Waals surface area contributed by atoms with Gasteiger partial charge in [0.15, 0.2) is 0 Å². The lowest BCUT2D eigenvalue weighted by atomic mass is 9.84. The summed E-state index contributed by atoms with van der Waals surface area (Å²) in [6.45, 7) is 3.62. The average molecular weight is 596 g/mol. The Labute approximate surface area is 254 Å². The standard InChI is InChI=1S/C34H33N3O3S2/c1-33(2,41-23-30-35-27-20-12-13-21-28(27)36-30)32(40)37-29(31(38)39)22-42-34(24-14-6-3-7-15-24,25-16-8-4-9-17-25)26-18-10-5-11-19-26/h3-21,29H,22-23H2,1-2H3,(H,35,36)(H,37,40)(H,38,39)/t29-/m0/s1. The normalized spacial score (nSPS) is 12.6. The lowest BCUT2D eigenvalue weighted by molar-refractivity contribution is -0.141. The molecule has 1 amide bonds. The number of imidazole rings is 1. The average Bonchev–Trinajstić information content (AvgIpc) is 3.44. The van der Waals surface area contributed by atoms with Gasteiger partial charge in [0.1, 0.15) is 11.9 Å². The summed E-state index contributed by atoms with van der Waals surface area (Å²) in [4.78, 5) is 33.9. The summed E-state index contributed by atoms with van der Waals surface area (Å²) < 4.78 is -1.57. The summed E-state index contributed by atoms with van der Waals surface area (Å²) in [5.41, 5.74) is 4.91. The van der Waals surface area contributed by atoms with Crippen LogP contribution in [0.2, 0.25) is 0 Å². The van der Waals surface area contributed by atoms with Crippen LogP contribution in [0.4, 0.5) is 0 Å². The van der Waals surface area contributed by atoms with Gasteiger partial charge in [-0.15, -0.1) is 23.5 Å². The second kappa shape index (κ2) is 12.9. The zero-order valence-electron chi connectivity index (χ0n) is 23.5. The van der Waals surface area contributed by atoms with E-state index in [-0.39, 0.29) is 11.7 Å². The van der Waals surface area contributed by atoms with E-state index in [1.165, 1.54) is 23.5 Å². The van der Waals surface area contributed by atoms with Crippen molar-refractivity contribution in [1.82, 2.24) is 15.3 Å². The number of fused-ring (bicyclic) bond motifs is 1. The van der Waals surface area contributed by atoms with Crippen molar-refractivity contribution in [2.24, 2.45) is 0 Å². The highest BCUT2D eigenvalue weighted by atomic mass is 32.2. The van der Waals surface area contributed by atoms with Gasteiger partial charge in [0.05, 0.1) is 26.3 Å². The van der Waals surface area contributed by atoms with Crippen LogP contribution in [0.15, 0.2) is 115 Å². The molecule has 214 valence electrons. The summed E-state index contributed by atoms with van der Waals surface area (Å²) >= 11 is 2.93. The van der Waals surface area contributed by atoms with Gasteiger partial charge < -0.3 is 15.4 Å². The number of hydrogen-bond acceptors (Lipinski definition) is 5. The molecule has 0 fully saturated rings. The topological polar surface area (TPSA) is 95.1 Å². The van der Waals surface area contributed by atoms with Gasteiger partial charge in [0.25, 0.3) is 0 Å². The molecule has 0 aliphatic heterocycles. The quantitative estimate of drug-likeness (QED) is 0.136. The SMILES string of the molecule is CC(C)(SCc1nc2ccccc2[nH]1)C(=O)N[C@@H](CSC(c1ccccc1)(c1ccccc1)c1ccccc1)C(=O)O. The minimum absolute atomic E-state index is 0.157. The van der Waals surface area contributed by atoms with E-state index in [0.29, 0.717) is 5.75 Å². The van der Waals surface area contributed by atoms with Crippen molar-refractivity contribution in [2.45, 2.75) is 35.1 Å². The number of aliphatic carboxylic acids is 1. The van der Waals surface area contributed by atoms with E-state index in [2.05, 4.69) is 51.7 Å². The first-order valence-electron chi connectivity index (χ1n) is 13.7. The number of rotatable bonds is 12. The zero-order valence-corrected chi connectivity index (χ0v) is 25.1. The van der Waals surface area contributed by atoms with Crippen LogP contribution in [0.3, 0.4) is 0 Å². The summed E-state index contributed by atoms with van der Waals surface area (Å²) in [5, 5.41) is 13.1. The van der Waals surface area contributed by atoms with Crippen LogP contribution in [0.1, 0.15) is 36.4 Å². The van der Waals surface area contributed by atoms with E-state index >= 15 is 0 Å². The Hall–Kier alpha value is -4.01. The highest BCUT2D eigenvalue weighted by Crippen LogP contribution is 2.48. The highest BCUT2D eigenvalue weighted by molar-refractivity contribution is 8.01. The Bertz CT molecular complexity index is 1510. The number of benzene rings is 4. The minimum atomic E-state index is -1.09. The molecule has 0 saturated carbocycles. The summed E-state index contributed by atoms with van der Waals surface area (Å²) in [5.74, 6) is 0.00860. The van der Waals surface area contributed by atoms with E-state index in [9.17, 15) is 14.7 Å².